The molecule has 100 valence electrons. The van der Waals surface area contributed by atoms with Crippen molar-refractivity contribution in [2.75, 3.05) is 0 Å². The fraction of sp³-hybridized carbons (Fsp3) is 0.0769. The molecule has 0 aromatic heterocycles. The van der Waals surface area contributed by atoms with Crippen molar-refractivity contribution < 1.29 is 22.7 Å². The average molecular weight is 291 g/mol. The van der Waals surface area contributed by atoms with Crippen LogP contribution in [0.15, 0.2) is 36.4 Å². The second kappa shape index (κ2) is 4.74. The molecule has 19 heavy (non-hydrogen) atoms. The SMILES string of the molecule is Oc1cc(-c2cc(F)cc(Cl)c2)cc(C(F)(F)F)c1. The number of hydrogen-bond donors (Lipinski definition) is 1. The molecule has 0 heterocycles. The maximum atomic E-state index is 13.2. The van der Waals surface area contributed by atoms with Crippen molar-refractivity contribution in [3.63, 3.8) is 0 Å². The highest BCUT2D eigenvalue weighted by atomic mass is 35.5. The van der Waals surface area contributed by atoms with Crippen molar-refractivity contribution in [1.29, 1.82) is 0 Å². The highest BCUT2D eigenvalue weighted by molar-refractivity contribution is 6.30. The Kier molecular flexibility index (Phi) is 3.41. The van der Waals surface area contributed by atoms with Crippen LogP contribution in [-0.2, 0) is 6.18 Å². The monoisotopic (exact) mass is 290 g/mol. The summed E-state index contributed by atoms with van der Waals surface area (Å²) in [5, 5.41) is 9.39. The topological polar surface area (TPSA) is 20.2 Å². The molecule has 2 aromatic carbocycles. The minimum Gasteiger partial charge on any atom is -0.508 e. The van der Waals surface area contributed by atoms with Crippen LogP contribution in [0.5, 0.6) is 5.75 Å². The van der Waals surface area contributed by atoms with Gasteiger partial charge in [0, 0.05) is 5.02 Å². The average Bonchev–Trinajstić information content (AvgIpc) is 2.25. The zero-order valence-corrected chi connectivity index (χ0v) is 10.1. The number of phenolic OH excluding ortho intramolecular Hbond substituents is 1. The lowest BCUT2D eigenvalue weighted by atomic mass is 10.0. The van der Waals surface area contributed by atoms with E-state index in [0.29, 0.717) is 6.07 Å². The predicted octanol–water partition coefficient (Wildman–Crippen LogP) is 4.87. The van der Waals surface area contributed by atoms with E-state index >= 15 is 0 Å². The molecule has 0 fully saturated rings. The highest BCUT2D eigenvalue weighted by Gasteiger charge is 2.31. The van der Waals surface area contributed by atoms with Gasteiger partial charge < -0.3 is 5.11 Å². The van der Waals surface area contributed by atoms with Crippen LogP contribution in [0.4, 0.5) is 17.6 Å². The van der Waals surface area contributed by atoms with Crippen LogP contribution in [0.3, 0.4) is 0 Å². The minimum absolute atomic E-state index is 0.0359. The van der Waals surface area contributed by atoms with Gasteiger partial charge in [-0.05, 0) is 47.5 Å². The number of hydrogen-bond acceptors (Lipinski definition) is 1. The maximum absolute atomic E-state index is 13.2. The van der Waals surface area contributed by atoms with E-state index in [-0.39, 0.29) is 16.1 Å². The smallest absolute Gasteiger partial charge is 0.416 e. The summed E-state index contributed by atoms with van der Waals surface area (Å²) in [5.41, 5.74) is -0.817. The van der Waals surface area contributed by atoms with Gasteiger partial charge in [-0.3, -0.25) is 0 Å². The first-order chi connectivity index (χ1) is 8.75. The number of aromatic hydroxyl groups is 1. The normalized spacial score (nSPS) is 11.6. The van der Waals surface area contributed by atoms with Crippen molar-refractivity contribution in [1.82, 2.24) is 0 Å². The first kappa shape index (κ1) is 13.7. The quantitative estimate of drug-likeness (QED) is 0.743. The Balaban J connectivity index is 2.59. The molecule has 0 amide bonds. The lowest BCUT2D eigenvalue weighted by Gasteiger charge is -2.10. The third-order valence-corrected chi connectivity index (χ3v) is 2.66. The van der Waals surface area contributed by atoms with E-state index in [9.17, 15) is 22.7 Å². The molecule has 0 radical (unpaired) electrons. The fourth-order valence-electron chi connectivity index (χ4n) is 1.66. The molecule has 0 atom stereocenters. The first-order valence-electron chi connectivity index (χ1n) is 5.13. The Morgan fingerprint density at radius 3 is 2.11 bits per heavy atom. The van der Waals surface area contributed by atoms with Gasteiger partial charge in [0.25, 0.3) is 0 Å². The molecular formula is C13H7ClF4O. The van der Waals surface area contributed by atoms with Gasteiger partial charge in [-0.1, -0.05) is 11.6 Å². The van der Waals surface area contributed by atoms with Crippen LogP contribution in [-0.4, -0.2) is 5.11 Å². The molecule has 1 N–H and O–H groups in total. The van der Waals surface area contributed by atoms with E-state index < -0.39 is 23.3 Å². The molecule has 1 nitrogen and oxygen atoms in total. The molecule has 0 saturated heterocycles. The van der Waals surface area contributed by atoms with Crippen LogP contribution in [0.25, 0.3) is 11.1 Å². The zero-order valence-electron chi connectivity index (χ0n) is 9.30. The summed E-state index contributed by atoms with van der Waals surface area (Å²) >= 11 is 5.64. The predicted molar refractivity (Wildman–Crippen MR) is 63.5 cm³/mol. The lowest BCUT2D eigenvalue weighted by molar-refractivity contribution is -0.137. The summed E-state index contributed by atoms with van der Waals surface area (Å²) in [7, 11) is 0. The van der Waals surface area contributed by atoms with Crippen molar-refractivity contribution >= 4 is 11.6 Å². The first-order valence-corrected chi connectivity index (χ1v) is 5.51. The summed E-state index contributed by atoms with van der Waals surface area (Å²) in [6.07, 6.45) is -4.59. The van der Waals surface area contributed by atoms with E-state index in [1.807, 2.05) is 0 Å². The summed E-state index contributed by atoms with van der Waals surface area (Å²) in [4.78, 5) is 0. The second-order valence-corrected chi connectivity index (χ2v) is 4.36. The highest BCUT2D eigenvalue weighted by Crippen LogP contribution is 2.35. The van der Waals surface area contributed by atoms with Crippen LogP contribution < -0.4 is 0 Å². The number of rotatable bonds is 1. The van der Waals surface area contributed by atoms with Crippen molar-refractivity contribution in [2.45, 2.75) is 6.18 Å². The largest absolute Gasteiger partial charge is 0.508 e. The van der Waals surface area contributed by atoms with Gasteiger partial charge in [0.05, 0.1) is 5.56 Å². The van der Waals surface area contributed by atoms with Crippen LogP contribution in [0.1, 0.15) is 5.56 Å². The molecule has 2 rings (SSSR count). The van der Waals surface area contributed by atoms with Crippen molar-refractivity contribution in [2.24, 2.45) is 0 Å². The summed E-state index contributed by atoms with van der Waals surface area (Å²) in [6, 6.07) is 5.94. The van der Waals surface area contributed by atoms with Crippen molar-refractivity contribution in [3.8, 4) is 16.9 Å². The lowest BCUT2D eigenvalue weighted by Crippen LogP contribution is -2.04. The standard InChI is InChI=1S/C13H7ClF4O/c14-10-2-8(3-11(15)6-10)7-1-9(13(16,17)18)5-12(19)4-7/h1-6,19H. The van der Waals surface area contributed by atoms with Gasteiger partial charge in [-0.25, -0.2) is 4.39 Å². The van der Waals surface area contributed by atoms with E-state index in [2.05, 4.69) is 0 Å². The molecule has 0 aliphatic heterocycles. The Hall–Kier alpha value is -1.75. The summed E-state index contributed by atoms with van der Waals surface area (Å²) < 4.78 is 51.0. The summed E-state index contributed by atoms with van der Waals surface area (Å²) in [5.74, 6) is -1.22. The molecule has 0 unspecified atom stereocenters. The van der Waals surface area contributed by atoms with Gasteiger partial charge in [0.15, 0.2) is 0 Å². The second-order valence-electron chi connectivity index (χ2n) is 3.92. The van der Waals surface area contributed by atoms with Gasteiger partial charge in [0.1, 0.15) is 11.6 Å². The third kappa shape index (κ3) is 3.17. The number of phenols is 1. The van der Waals surface area contributed by atoms with Crippen LogP contribution in [0, 0.1) is 5.82 Å². The molecule has 2 aromatic rings. The molecular weight excluding hydrogens is 284 g/mol. The molecule has 0 aliphatic rings. The summed E-state index contributed by atoms with van der Waals surface area (Å²) in [6.45, 7) is 0. The van der Waals surface area contributed by atoms with E-state index in [1.165, 1.54) is 6.07 Å². The Labute approximate surface area is 111 Å². The fourth-order valence-corrected chi connectivity index (χ4v) is 1.88. The minimum atomic E-state index is -4.59. The Bertz CT molecular complexity index is 602. The van der Waals surface area contributed by atoms with Gasteiger partial charge in [-0.2, -0.15) is 13.2 Å². The van der Waals surface area contributed by atoms with E-state index in [1.54, 1.807) is 0 Å². The van der Waals surface area contributed by atoms with Gasteiger partial charge in [-0.15, -0.1) is 0 Å². The van der Waals surface area contributed by atoms with Crippen LogP contribution in [0.2, 0.25) is 5.02 Å². The van der Waals surface area contributed by atoms with Crippen molar-refractivity contribution in [3.05, 3.63) is 52.8 Å². The number of benzene rings is 2. The van der Waals surface area contributed by atoms with Gasteiger partial charge in [0.2, 0.25) is 0 Å². The third-order valence-electron chi connectivity index (χ3n) is 2.44. The maximum Gasteiger partial charge on any atom is 0.416 e. The van der Waals surface area contributed by atoms with E-state index in [0.717, 1.165) is 24.3 Å². The molecule has 0 spiro atoms. The molecule has 6 heteroatoms. The van der Waals surface area contributed by atoms with E-state index in [4.69, 9.17) is 11.6 Å². The molecule has 0 bridgehead atoms. The molecule has 0 aliphatic carbocycles. The Morgan fingerprint density at radius 2 is 1.53 bits per heavy atom. The number of halogens is 5. The zero-order chi connectivity index (χ0) is 14.2. The molecule has 0 saturated carbocycles. The van der Waals surface area contributed by atoms with Crippen LogP contribution >= 0.6 is 11.6 Å². The Morgan fingerprint density at radius 1 is 0.895 bits per heavy atom. The van der Waals surface area contributed by atoms with Gasteiger partial charge >= 0.3 is 6.18 Å². The number of alkyl halides is 3.